The summed E-state index contributed by atoms with van der Waals surface area (Å²) in [6, 6.07) is 5.93. The fourth-order valence-electron chi connectivity index (χ4n) is 1.29. The van der Waals surface area contributed by atoms with Crippen LogP contribution in [0, 0.1) is 0 Å². The minimum Gasteiger partial charge on any atom is -0.350 e. The maximum atomic E-state index is 4.99. The predicted octanol–water partition coefficient (Wildman–Crippen LogP) is 4.76. The van der Waals surface area contributed by atoms with Crippen LogP contribution in [0.25, 0.3) is 12.2 Å². The van der Waals surface area contributed by atoms with Crippen LogP contribution in [-0.2, 0) is 0 Å². The first-order valence-electron chi connectivity index (χ1n) is 5.34. The van der Waals surface area contributed by atoms with Gasteiger partial charge in [-0.2, -0.15) is 0 Å². The molecular formula is C14H19NS. The third-order valence-electron chi connectivity index (χ3n) is 1.87. The highest BCUT2D eigenvalue weighted by Crippen LogP contribution is 2.22. The fourth-order valence-corrected chi connectivity index (χ4v) is 1.40. The zero-order valence-electron chi connectivity index (χ0n) is 10.2. The van der Waals surface area contributed by atoms with Crippen molar-refractivity contribution in [1.29, 1.82) is 0 Å². The Morgan fingerprint density at radius 2 is 1.88 bits per heavy atom. The number of benzene rings is 1. The van der Waals surface area contributed by atoms with Gasteiger partial charge in [0.15, 0.2) is 0 Å². The first-order valence-corrected chi connectivity index (χ1v) is 5.75. The molecule has 16 heavy (non-hydrogen) atoms. The fraction of sp³-hybridized carbons (Fsp3) is 0.214. The molecule has 1 rings (SSSR count). The molecule has 0 radical (unpaired) electrons. The Labute approximate surface area is 104 Å². The van der Waals surface area contributed by atoms with Crippen LogP contribution in [0.2, 0.25) is 0 Å². The van der Waals surface area contributed by atoms with Gasteiger partial charge < -0.3 is 5.32 Å². The quantitative estimate of drug-likeness (QED) is 0.755. The second kappa shape index (κ2) is 7.83. The molecule has 1 aromatic rings. The van der Waals surface area contributed by atoms with E-state index >= 15 is 0 Å². The number of hydrogen-bond acceptors (Lipinski definition) is 1. The molecule has 1 N–H and O–H groups in total. The minimum atomic E-state index is 0.745. The maximum absolute atomic E-state index is 4.99. The van der Waals surface area contributed by atoms with E-state index in [0.717, 1.165) is 21.8 Å². The van der Waals surface area contributed by atoms with E-state index in [-0.39, 0.29) is 0 Å². The molecule has 0 aliphatic heterocycles. The van der Waals surface area contributed by atoms with Gasteiger partial charge in [0.05, 0.1) is 4.99 Å². The van der Waals surface area contributed by atoms with Crippen LogP contribution < -0.4 is 5.32 Å². The molecule has 0 unspecified atom stereocenters. The Kier molecular flexibility index (Phi) is 7.14. The van der Waals surface area contributed by atoms with Gasteiger partial charge >= 0.3 is 0 Å². The smallest absolute Gasteiger partial charge is 0.0765 e. The second-order valence-corrected chi connectivity index (χ2v) is 3.51. The lowest BCUT2D eigenvalue weighted by atomic mass is 10.1. The van der Waals surface area contributed by atoms with Gasteiger partial charge in [-0.3, -0.25) is 0 Å². The van der Waals surface area contributed by atoms with Gasteiger partial charge in [-0.05, 0) is 18.6 Å². The van der Waals surface area contributed by atoms with Crippen molar-refractivity contribution in [3.05, 3.63) is 42.5 Å². The lowest BCUT2D eigenvalue weighted by molar-refractivity contribution is 1.50. The van der Waals surface area contributed by atoms with E-state index in [9.17, 15) is 0 Å². The van der Waals surface area contributed by atoms with Crippen LogP contribution in [0.15, 0.2) is 31.4 Å². The van der Waals surface area contributed by atoms with E-state index < -0.39 is 0 Å². The minimum absolute atomic E-state index is 0.745. The summed E-state index contributed by atoms with van der Waals surface area (Å²) < 4.78 is 0. The van der Waals surface area contributed by atoms with Crippen LogP contribution in [-0.4, -0.2) is 4.99 Å². The zero-order chi connectivity index (χ0) is 12.6. The summed E-state index contributed by atoms with van der Waals surface area (Å²) in [4.78, 5) is 0.745. The second-order valence-electron chi connectivity index (χ2n) is 2.90. The molecule has 1 nitrogen and oxygen atoms in total. The topological polar surface area (TPSA) is 12.0 Å². The lowest BCUT2D eigenvalue weighted by Gasteiger charge is -2.10. The molecule has 0 aliphatic rings. The molecule has 0 aromatic heterocycles. The first kappa shape index (κ1) is 14.6. The SMILES string of the molecule is C=Cc1cccc(NC(C)=S)c1C=C.CC. The van der Waals surface area contributed by atoms with Gasteiger partial charge in [-0.25, -0.2) is 0 Å². The van der Waals surface area contributed by atoms with Crippen LogP contribution >= 0.6 is 12.2 Å². The van der Waals surface area contributed by atoms with Crippen molar-refractivity contribution in [2.75, 3.05) is 5.32 Å². The van der Waals surface area contributed by atoms with Crippen molar-refractivity contribution in [3.63, 3.8) is 0 Å². The Balaban J connectivity index is 0.00000106. The van der Waals surface area contributed by atoms with Crippen molar-refractivity contribution in [1.82, 2.24) is 0 Å². The van der Waals surface area contributed by atoms with Crippen molar-refractivity contribution in [2.45, 2.75) is 20.8 Å². The van der Waals surface area contributed by atoms with Crippen LogP contribution in [0.5, 0.6) is 0 Å². The van der Waals surface area contributed by atoms with E-state index in [2.05, 4.69) is 18.5 Å². The number of thiocarbonyl (C=S) groups is 1. The van der Waals surface area contributed by atoms with Gasteiger partial charge in [-0.1, -0.05) is 63.5 Å². The molecule has 0 heterocycles. The summed E-state index contributed by atoms with van der Waals surface area (Å²) in [6.45, 7) is 13.4. The summed E-state index contributed by atoms with van der Waals surface area (Å²) >= 11 is 4.99. The van der Waals surface area contributed by atoms with Gasteiger partial charge in [0.2, 0.25) is 0 Å². The molecule has 0 aliphatic carbocycles. The highest BCUT2D eigenvalue weighted by Gasteiger charge is 2.02. The number of rotatable bonds is 3. The van der Waals surface area contributed by atoms with Crippen LogP contribution in [0.4, 0.5) is 5.69 Å². The third-order valence-corrected chi connectivity index (χ3v) is 1.98. The van der Waals surface area contributed by atoms with Gasteiger partial charge in [0.1, 0.15) is 0 Å². The Morgan fingerprint density at radius 3 is 2.31 bits per heavy atom. The van der Waals surface area contributed by atoms with E-state index in [0.29, 0.717) is 0 Å². The third kappa shape index (κ3) is 3.99. The van der Waals surface area contributed by atoms with E-state index in [1.54, 1.807) is 12.2 Å². The molecule has 0 saturated carbocycles. The number of anilines is 1. The van der Waals surface area contributed by atoms with E-state index in [1.807, 2.05) is 39.0 Å². The van der Waals surface area contributed by atoms with Crippen LogP contribution in [0.1, 0.15) is 31.9 Å². The standard InChI is InChI=1S/C12H13NS.C2H6/c1-4-10-7-6-8-12(11(10)5-2)13-9(3)14;1-2/h4-8H,1-2H2,3H3,(H,13,14);1-2H3. The highest BCUT2D eigenvalue weighted by atomic mass is 32.1. The average molecular weight is 233 g/mol. The molecular weight excluding hydrogens is 214 g/mol. The van der Waals surface area contributed by atoms with Crippen LogP contribution in [0.3, 0.4) is 0 Å². The molecule has 0 bridgehead atoms. The normalized spacial score (nSPS) is 8.44. The molecule has 0 spiro atoms. The first-order chi connectivity index (χ1) is 7.69. The van der Waals surface area contributed by atoms with Crippen molar-refractivity contribution in [3.8, 4) is 0 Å². The average Bonchev–Trinajstić information content (AvgIpc) is 2.30. The molecule has 0 atom stereocenters. The lowest BCUT2D eigenvalue weighted by Crippen LogP contribution is -2.05. The summed E-state index contributed by atoms with van der Waals surface area (Å²) in [5.74, 6) is 0. The van der Waals surface area contributed by atoms with Crippen molar-refractivity contribution in [2.24, 2.45) is 0 Å². The Morgan fingerprint density at radius 1 is 1.25 bits per heavy atom. The summed E-state index contributed by atoms with van der Waals surface area (Å²) in [5.41, 5.74) is 3.07. The van der Waals surface area contributed by atoms with Gasteiger partial charge in [-0.15, -0.1) is 0 Å². The van der Waals surface area contributed by atoms with Crippen molar-refractivity contribution >= 4 is 35.0 Å². The molecule has 2 heteroatoms. The van der Waals surface area contributed by atoms with Gasteiger partial charge in [0, 0.05) is 11.3 Å². The Hall–Kier alpha value is -1.41. The van der Waals surface area contributed by atoms with Gasteiger partial charge in [0.25, 0.3) is 0 Å². The van der Waals surface area contributed by atoms with E-state index in [4.69, 9.17) is 12.2 Å². The molecule has 0 saturated heterocycles. The monoisotopic (exact) mass is 233 g/mol. The zero-order valence-corrected chi connectivity index (χ0v) is 11.0. The summed E-state index contributed by atoms with van der Waals surface area (Å²) in [5, 5.41) is 3.11. The molecule has 86 valence electrons. The molecule has 1 aromatic carbocycles. The maximum Gasteiger partial charge on any atom is 0.0765 e. The Bertz CT molecular complexity index is 380. The van der Waals surface area contributed by atoms with Crippen molar-refractivity contribution < 1.29 is 0 Å². The molecule has 0 amide bonds. The number of nitrogens with one attached hydrogen (secondary N) is 1. The summed E-state index contributed by atoms with van der Waals surface area (Å²) in [7, 11) is 0. The molecule has 0 fully saturated rings. The van der Waals surface area contributed by atoms with E-state index in [1.165, 1.54) is 0 Å². The highest BCUT2D eigenvalue weighted by molar-refractivity contribution is 7.80. The largest absolute Gasteiger partial charge is 0.350 e. The number of hydrogen-bond donors (Lipinski definition) is 1. The summed E-state index contributed by atoms with van der Waals surface area (Å²) in [6.07, 6.45) is 3.61. The predicted molar refractivity (Wildman–Crippen MR) is 79.9 cm³/mol.